The second kappa shape index (κ2) is 5.59. The van der Waals surface area contributed by atoms with E-state index in [1.165, 1.54) is 0 Å². The Morgan fingerprint density at radius 2 is 2.17 bits per heavy atom. The quantitative estimate of drug-likeness (QED) is 0.865. The molecule has 0 aromatic carbocycles. The van der Waals surface area contributed by atoms with E-state index in [1.54, 1.807) is 11.8 Å². The van der Waals surface area contributed by atoms with Crippen molar-refractivity contribution in [3.05, 3.63) is 30.1 Å². The van der Waals surface area contributed by atoms with E-state index < -0.39 is 0 Å². The minimum Gasteiger partial charge on any atom is -0.383 e. The first-order valence-electron chi connectivity index (χ1n) is 5.81. The third kappa shape index (κ3) is 3.04. The predicted molar refractivity (Wildman–Crippen MR) is 68.9 cm³/mol. The van der Waals surface area contributed by atoms with Crippen molar-refractivity contribution in [2.24, 2.45) is 0 Å². The summed E-state index contributed by atoms with van der Waals surface area (Å²) in [4.78, 5) is 0. The van der Waals surface area contributed by atoms with Gasteiger partial charge in [0.15, 0.2) is 5.82 Å². The van der Waals surface area contributed by atoms with Gasteiger partial charge in [-0.15, -0.1) is 10.2 Å². The Kier molecular flexibility index (Phi) is 3.88. The predicted octanol–water partition coefficient (Wildman–Crippen LogP) is 1.42. The molecule has 96 valence electrons. The van der Waals surface area contributed by atoms with Gasteiger partial charge in [0, 0.05) is 19.3 Å². The molecule has 0 saturated heterocycles. The summed E-state index contributed by atoms with van der Waals surface area (Å²) >= 11 is 0. The van der Waals surface area contributed by atoms with E-state index in [9.17, 15) is 0 Å². The number of nitrogens with one attached hydrogen (secondary N) is 1. The molecule has 0 aliphatic heterocycles. The van der Waals surface area contributed by atoms with E-state index in [4.69, 9.17) is 4.74 Å². The molecule has 0 spiro atoms. The molecule has 0 saturated carbocycles. The number of rotatable bonds is 5. The van der Waals surface area contributed by atoms with Gasteiger partial charge in [-0.25, -0.2) is 4.68 Å². The maximum absolute atomic E-state index is 5.05. The fraction of sp³-hybridized carbons (Fsp3) is 0.417. The Labute approximate surface area is 106 Å². The first kappa shape index (κ1) is 12.5. The zero-order valence-electron chi connectivity index (χ0n) is 10.8. The lowest BCUT2D eigenvalue weighted by Crippen LogP contribution is -2.21. The van der Waals surface area contributed by atoms with Crippen LogP contribution in [-0.2, 0) is 4.74 Å². The van der Waals surface area contributed by atoms with Crippen LogP contribution < -0.4 is 5.32 Å². The Morgan fingerprint density at radius 3 is 2.72 bits per heavy atom. The van der Waals surface area contributed by atoms with E-state index in [1.807, 2.05) is 38.2 Å². The number of aryl methyl sites for hydroxylation is 1. The van der Waals surface area contributed by atoms with Crippen LogP contribution in [0.3, 0.4) is 0 Å². The van der Waals surface area contributed by atoms with Crippen LogP contribution in [0.25, 0.3) is 5.82 Å². The molecule has 6 heteroatoms. The van der Waals surface area contributed by atoms with Crippen LogP contribution in [-0.4, -0.2) is 39.7 Å². The van der Waals surface area contributed by atoms with Crippen molar-refractivity contribution in [3.63, 3.8) is 0 Å². The number of aromatic nitrogens is 4. The molecule has 0 radical (unpaired) electrons. The molecule has 1 N–H and O–H groups in total. The molecule has 0 fully saturated rings. The minimum absolute atomic E-state index is 0.196. The normalized spacial score (nSPS) is 12.4. The summed E-state index contributed by atoms with van der Waals surface area (Å²) in [6, 6.07) is 5.88. The molecule has 1 atom stereocenters. The van der Waals surface area contributed by atoms with Crippen molar-refractivity contribution in [3.8, 4) is 5.82 Å². The lowest BCUT2D eigenvalue weighted by molar-refractivity contribution is 0.190. The summed E-state index contributed by atoms with van der Waals surface area (Å²) in [5.41, 5.74) is 0.952. The fourth-order valence-electron chi connectivity index (χ4n) is 1.61. The molecule has 18 heavy (non-hydrogen) atoms. The van der Waals surface area contributed by atoms with Gasteiger partial charge in [-0.2, -0.15) is 5.10 Å². The molecule has 0 bridgehead atoms. The van der Waals surface area contributed by atoms with Crippen LogP contribution in [0.2, 0.25) is 0 Å². The van der Waals surface area contributed by atoms with Crippen LogP contribution in [0.15, 0.2) is 24.4 Å². The molecule has 0 amide bonds. The second-order valence-corrected chi connectivity index (χ2v) is 4.18. The standard InChI is InChI=1S/C12H17N5O/c1-9-6-7-17(16-9)12-5-4-11(14-15-12)13-10(2)8-18-3/h4-7,10H,8H2,1-3H3,(H,13,14)/t10-/m0/s1. The molecule has 0 unspecified atom stereocenters. The molecule has 2 rings (SSSR count). The molecule has 0 aliphatic carbocycles. The van der Waals surface area contributed by atoms with Crippen molar-refractivity contribution in [1.29, 1.82) is 0 Å². The van der Waals surface area contributed by atoms with Gasteiger partial charge in [-0.3, -0.25) is 0 Å². The van der Waals surface area contributed by atoms with E-state index in [2.05, 4.69) is 20.6 Å². The van der Waals surface area contributed by atoms with Gasteiger partial charge in [0.1, 0.15) is 5.82 Å². The molecule has 2 heterocycles. The summed E-state index contributed by atoms with van der Waals surface area (Å²) in [6.07, 6.45) is 1.86. The van der Waals surface area contributed by atoms with Crippen LogP contribution in [0.5, 0.6) is 0 Å². The highest BCUT2D eigenvalue weighted by molar-refractivity contribution is 5.37. The highest BCUT2D eigenvalue weighted by atomic mass is 16.5. The molecule has 2 aromatic heterocycles. The Hall–Kier alpha value is -1.95. The van der Waals surface area contributed by atoms with Gasteiger partial charge in [0.2, 0.25) is 0 Å². The van der Waals surface area contributed by atoms with Gasteiger partial charge in [-0.05, 0) is 32.0 Å². The summed E-state index contributed by atoms with van der Waals surface area (Å²) in [7, 11) is 1.67. The smallest absolute Gasteiger partial charge is 0.175 e. The van der Waals surface area contributed by atoms with Gasteiger partial charge >= 0.3 is 0 Å². The summed E-state index contributed by atoms with van der Waals surface area (Å²) in [5, 5.41) is 15.7. The monoisotopic (exact) mass is 247 g/mol. The lowest BCUT2D eigenvalue weighted by atomic mass is 10.3. The molecule has 2 aromatic rings. The largest absolute Gasteiger partial charge is 0.383 e. The van der Waals surface area contributed by atoms with Crippen molar-refractivity contribution < 1.29 is 4.74 Å². The maximum Gasteiger partial charge on any atom is 0.175 e. The number of ether oxygens (including phenoxy) is 1. The first-order chi connectivity index (χ1) is 8.69. The molecule has 6 nitrogen and oxygen atoms in total. The summed E-state index contributed by atoms with van der Waals surface area (Å²) in [5.74, 6) is 1.43. The zero-order chi connectivity index (χ0) is 13.0. The number of methoxy groups -OCH3 is 1. The van der Waals surface area contributed by atoms with Gasteiger partial charge in [-0.1, -0.05) is 0 Å². The number of hydrogen-bond donors (Lipinski definition) is 1. The topological polar surface area (TPSA) is 64.9 Å². The van der Waals surface area contributed by atoms with Gasteiger partial charge < -0.3 is 10.1 Å². The van der Waals surface area contributed by atoms with Gasteiger partial charge in [0.05, 0.1) is 12.3 Å². The molecular formula is C12H17N5O. The highest BCUT2D eigenvalue weighted by Gasteiger charge is 2.04. The zero-order valence-corrected chi connectivity index (χ0v) is 10.8. The van der Waals surface area contributed by atoms with E-state index in [-0.39, 0.29) is 6.04 Å². The average Bonchev–Trinajstić information content (AvgIpc) is 2.77. The summed E-state index contributed by atoms with van der Waals surface area (Å²) in [6.45, 7) is 4.59. The summed E-state index contributed by atoms with van der Waals surface area (Å²) < 4.78 is 6.75. The van der Waals surface area contributed by atoms with Crippen LogP contribution in [0, 0.1) is 6.92 Å². The SMILES string of the molecule is COC[C@H](C)Nc1ccc(-n2ccc(C)n2)nn1. The Morgan fingerprint density at radius 1 is 1.33 bits per heavy atom. The Bertz CT molecular complexity index is 493. The van der Waals surface area contributed by atoms with E-state index in [0.29, 0.717) is 12.4 Å². The van der Waals surface area contributed by atoms with Gasteiger partial charge in [0.25, 0.3) is 0 Å². The number of nitrogens with zero attached hydrogens (tertiary/aromatic N) is 4. The molecular weight excluding hydrogens is 230 g/mol. The number of anilines is 1. The van der Waals surface area contributed by atoms with Crippen LogP contribution >= 0.6 is 0 Å². The molecule has 0 aliphatic rings. The Balaban J connectivity index is 2.06. The van der Waals surface area contributed by atoms with Crippen LogP contribution in [0.1, 0.15) is 12.6 Å². The maximum atomic E-state index is 5.05. The third-order valence-electron chi connectivity index (χ3n) is 2.42. The highest BCUT2D eigenvalue weighted by Crippen LogP contribution is 2.07. The third-order valence-corrected chi connectivity index (χ3v) is 2.42. The number of hydrogen-bond acceptors (Lipinski definition) is 5. The van der Waals surface area contributed by atoms with E-state index in [0.717, 1.165) is 11.5 Å². The first-order valence-corrected chi connectivity index (χ1v) is 5.81. The van der Waals surface area contributed by atoms with E-state index >= 15 is 0 Å². The second-order valence-electron chi connectivity index (χ2n) is 4.18. The average molecular weight is 247 g/mol. The van der Waals surface area contributed by atoms with Crippen molar-refractivity contribution in [2.45, 2.75) is 19.9 Å². The minimum atomic E-state index is 0.196. The van der Waals surface area contributed by atoms with Crippen molar-refractivity contribution in [1.82, 2.24) is 20.0 Å². The lowest BCUT2D eigenvalue weighted by Gasteiger charge is -2.12. The van der Waals surface area contributed by atoms with Crippen LogP contribution in [0.4, 0.5) is 5.82 Å². The fourth-order valence-corrected chi connectivity index (χ4v) is 1.61. The van der Waals surface area contributed by atoms with Crippen molar-refractivity contribution in [2.75, 3.05) is 19.0 Å². The van der Waals surface area contributed by atoms with Crippen molar-refractivity contribution >= 4 is 5.82 Å².